The van der Waals surface area contributed by atoms with Crippen LogP contribution in [0.25, 0.3) is 0 Å². The van der Waals surface area contributed by atoms with E-state index < -0.39 is 0 Å². The molecule has 4 rings (SSSR count). The van der Waals surface area contributed by atoms with E-state index in [1.807, 2.05) is 6.07 Å². The molecular weight excluding hydrogens is 376 g/mol. The van der Waals surface area contributed by atoms with Gasteiger partial charge >= 0.3 is 0 Å². The predicted molar refractivity (Wildman–Crippen MR) is 121 cm³/mol. The lowest BCUT2D eigenvalue weighted by Gasteiger charge is -2.28. The molecule has 162 valence electrons. The van der Waals surface area contributed by atoms with Gasteiger partial charge in [0.1, 0.15) is 0 Å². The highest BCUT2D eigenvalue weighted by Gasteiger charge is 2.21. The number of aromatic nitrogens is 2. The fraction of sp³-hybridized carbons (Fsp3) is 0.583. The number of benzene rings is 1. The van der Waals surface area contributed by atoms with Gasteiger partial charge in [-0.3, -0.25) is 0 Å². The normalized spacial score (nSPS) is 22.0. The van der Waals surface area contributed by atoms with Crippen LogP contribution in [0.15, 0.2) is 36.5 Å². The number of ether oxygens (including phenoxy) is 2. The number of nitrogens with zero attached hydrogens (tertiary/aromatic N) is 3. The zero-order chi connectivity index (χ0) is 20.6. The fourth-order valence-electron chi connectivity index (χ4n) is 4.49. The monoisotopic (exact) mass is 410 g/mol. The minimum atomic E-state index is 0.568. The predicted octanol–water partition coefficient (Wildman–Crippen LogP) is 5.04. The lowest BCUT2D eigenvalue weighted by molar-refractivity contribution is 0.122. The zero-order valence-electron chi connectivity index (χ0n) is 18.1. The first-order valence-corrected chi connectivity index (χ1v) is 11.5. The molecule has 0 amide bonds. The number of rotatable bonds is 8. The van der Waals surface area contributed by atoms with Crippen molar-refractivity contribution in [3.8, 4) is 5.88 Å². The molecule has 0 atom stereocenters. The molecule has 1 saturated heterocycles. The van der Waals surface area contributed by atoms with E-state index in [2.05, 4.69) is 51.4 Å². The Morgan fingerprint density at radius 3 is 2.50 bits per heavy atom. The Morgan fingerprint density at radius 2 is 1.77 bits per heavy atom. The zero-order valence-corrected chi connectivity index (χ0v) is 18.1. The summed E-state index contributed by atoms with van der Waals surface area (Å²) in [4.78, 5) is 11.2. The first kappa shape index (κ1) is 20.9. The molecule has 1 aromatic heterocycles. The maximum Gasteiger partial charge on any atom is 0.230 e. The Balaban J connectivity index is 1.27. The molecule has 0 radical (unpaired) electrons. The summed E-state index contributed by atoms with van der Waals surface area (Å²) < 4.78 is 11.4. The Hall–Kier alpha value is -2.34. The van der Waals surface area contributed by atoms with Crippen molar-refractivity contribution in [1.29, 1.82) is 0 Å². The van der Waals surface area contributed by atoms with Gasteiger partial charge in [0.2, 0.25) is 11.8 Å². The van der Waals surface area contributed by atoms with Crippen molar-refractivity contribution >= 4 is 17.3 Å². The summed E-state index contributed by atoms with van der Waals surface area (Å²) in [7, 11) is 0. The smallest absolute Gasteiger partial charge is 0.230 e. The second-order valence-electron chi connectivity index (χ2n) is 8.48. The number of morpholine rings is 1. The molecule has 30 heavy (non-hydrogen) atoms. The summed E-state index contributed by atoms with van der Waals surface area (Å²) in [5, 5.41) is 3.29. The SMILES string of the molecule is CCCC1CCC(COc2ccnc(Nc3ccc(N4CCOCC4)cc3)n2)CC1. The minimum Gasteiger partial charge on any atom is -0.477 e. The second kappa shape index (κ2) is 10.6. The molecule has 2 heterocycles. The van der Waals surface area contributed by atoms with Crippen molar-refractivity contribution in [2.45, 2.75) is 45.4 Å². The molecule has 1 aromatic carbocycles. The van der Waals surface area contributed by atoms with E-state index in [1.54, 1.807) is 6.20 Å². The number of hydrogen-bond acceptors (Lipinski definition) is 6. The molecule has 1 saturated carbocycles. The van der Waals surface area contributed by atoms with Crippen LogP contribution in [0.2, 0.25) is 0 Å². The molecular formula is C24H34N4O2. The molecule has 0 bridgehead atoms. The molecule has 1 aliphatic carbocycles. The first-order chi connectivity index (χ1) is 14.8. The van der Waals surface area contributed by atoms with E-state index in [4.69, 9.17) is 9.47 Å². The Kier molecular flexibility index (Phi) is 7.40. The summed E-state index contributed by atoms with van der Waals surface area (Å²) >= 11 is 0. The molecule has 0 spiro atoms. The van der Waals surface area contributed by atoms with Crippen LogP contribution >= 0.6 is 0 Å². The molecule has 2 aromatic rings. The van der Waals surface area contributed by atoms with Gasteiger partial charge < -0.3 is 19.7 Å². The van der Waals surface area contributed by atoms with Crippen LogP contribution in [0.1, 0.15) is 45.4 Å². The standard InChI is InChI=1S/C24H34N4O2/c1-2-3-19-4-6-20(7-5-19)18-30-23-12-13-25-24(27-23)26-21-8-10-22(11-9-21)28-14-16-29-17-15-28/h8-13,19-20H,2-7,14-18H2,1H3,(H,25,26,27). The van der Waals surface area contributed by atoms with E-state index in [-0.39, 0.29) is 0 Å². The quantitative estimate of drug-likeness (QED) is 0.658. The van der Waals surface area contributed by atoms with Gasteiger partial charge in [0.25, 0.3) is 0 Å². The molecule has 0 unspecified atom stereocenters. The molecule has 1 N–H and O–H groups in total. The lowest BCUT2D eigenvalue weighted by atomic mass is 9.80. The van der Waals surface area contributed by atoms with Gasteiger partial charge in [0, 0.05) is 36.7 Å². The van der Waals surface area contributed by atoms with E-state index in [9.17, 15) is 0 Å². The summed E-state index contributed by atoms with van der Waals surface area (Å²) in [6.07, 6.45) is 9.68. The van der Waals surface area contributed by atoms with Crippen molar-refractivity contribution < 1.29 is 9.47 Å². The van der Waals surface area contributed by atoms with Crippen LogP contribution in [0.5, 0.6) is 5.88 Å². The number of anilines is 3. The van der Waals surface area contributed by atoms with Gasteiger partial charge in [0.05, 0.1) is 19.8 Å². The summed E-state index contributed by atoms with van der Waals surface area (Å²) in [6.45, 7) is 6.50. The maximum atomic E-state index is 6.01. The minimum absolute atomic E-state index is 0.568. The van der Waals surface area contributed by atoms with Crippen LogP contribution in [0, 0.1) is 11.8 Å². The third-order valence-electron chi connectivity index (χ3n) is 6.26. The molecule has 2 aliphatic rings. The summed E-state index contributed by atoms with van der Waals surface area (Å²) in [5.41, 5.74) is 2.19. The van der Waals surface area contributed by atoms with Gasteiger partial charge in [-0.05, 0) is 48.9 Å². The topological polar surface area (TPSA) is 59.5 Å². The first-order valence-electron chi connectivity index (χ1n) is 11.5. The summed E-state index contributed by atoms with van der Waals surface area (Å²) in [6, 6.07) is 10.2. The van der Waals surface area contributed by atoms with E-state index in [1.165, 1.54) is 44.2 Å². The van der Waals surface area contributed by atoms with Crippen molar-refractivity contribution in [3.05, 3.63) is 36.5 Å². The van der Waals surface area contributed by atoms with Gasteiger partial charge in [-0.2, -0.15) is 4.98 Å². The largest absolute Gasteiger partial charge is 0.477 e. The van der Waals surface area contributed by atoms with Crippen LogP contribution in [-0.2, 0) is 4.74 Å². The average Bonchev–Trinajstić information content (AvgIpc) is 2.80. The Morgan fingerprint density at radius 1 is 1.03 bits per heavy atom. The van der Waals surface area contributed by atoms with E-state index >= 15 is 0 Å². The van der Waals surface area contributed by atoms with Gasteiger partial charge in [-0.15, -0.1) is 0 Å². The Labute approximate surface area is 180 Å². The average molecular weight is 411 g/mol. The number of nitrogens with one attached hydrogen (secondary N) is 1. The van der Waals surface area contributed by atoms with Crippen molar-refractivity contribution in [2.24, 2.45) is 11.8 Å². The van der Waals surface area contributed by atoms with Crippen LogP contribution in [0.4, 0.5) is 17.3 Å². The lowest BCUT2D eigenvalue weighted by Crippen LogP contribution is -2.36. The highest BCUT2D eigenvalue weighted by molar-refractivity contribution is 5.59. The Bertz CT molecular complexity index is 769. The van der Waals surface area contributed by atoms with E-state index in [0.717, 1.165) is 44.5 Å². The highest BCUT2D eigenvalue weighted by Crippen LogP contribution is 2.31. The van der Waals surface area contributed by atoms with Gasteiger partial charge in [-0.1, -0.05) is 32.6 Å². The molecule has 2 fully saturated rings. The molecule has 6 heteroatoms. The number of hydrogen-bond donors (Lipinski definition) is 1. The van der Waals surface area contributed by atoms with Crippen molar-refractivity contribution in [2.75, 3.05) is 43.1 Å². The van der Waals surface area contributed by atoms with Gasteiger partial charge in [-0.25, -0.2) is 4.98 Å². The second-order valence-corrected chi connectivity index (χ2v) is 8.48. The summed E-state index contributed by atoms with van der Waals surface area (Å²) in [5.74, 6) is 2.79. The van der Waals surface area contributed by atoms with Crippen molar-refractivity contribution in [1.82, 2.24) is 9.97 Å². The third kappa shape index (κ3) is 5.85. The highest BCUT2D eigenvalue weighted by atomic mass is 16.5. The maximum absolute atomic E-state index is 6.01. The third-order valence-corrected chi connectivity index (χ3v) is 6.26. The fourth-order valence-corrected chi connectivity index (χ4v) is 4.49. The van der Waals surface area contributed by atoms with Crippen LogP contribution in [-0.4, -0.2) is 42.9 Å². The van der Waals surface area contributed by atoms with Crippen molar-refractivity contribution in [3.63, 3.8) is 0 Å². The van der Waals surface area contributed by atoms with E-state index in [0.29, 0.717) is 17.7 Å². The molecule has 6 nitrogen and oxygen atoms in total. The van der Waals surface area contributed by atoms with Crippen LogP contribution < -0.4 is 15.0 Å². The molecule has 1 aliphatic heterocycles. The van der Waals surface area contributed by atoms with Crippen LogP contribution in [0.3, 0.4) is 0 Å². The van der Waals surface area contributed by atoms with Gasteiger partial charge in [0.15, 0.2) is 0 Å².